The number of carbonyl (C=O) groups is 3. The molecule has 4 rings (SSSR count). The lowest BCUT2D eigenvalue weighted by atomic mass is 9.90. The number of hydrogen-bond acceptors (Lipinski definition) is 5. The standard InChI is InChI=1S/C40H48FN5O3/c1-5-40(42,6-2)22-9-12-37(47)45(3)36(28-31-13-16-32-10-7-8-11-33(32)26-31)39(49)46(4)35(27-30-14-17-34(41)18-15-30)38(48)44-25-21-29-19-23-43-24-20-29/h7-20,23-24,26,35-36H,5-6,21-22,25,27-28,42H2,1-4H3,(H,44,48)/t35-,36-/m1/s1. The molecule has 1 heterocycles. The number of nitrogens with one attached hydrogen (secondary N) is 1. The summed E-state index contributed by atoms with van der Waals surface area (Å²) in [6.07, 6.45) is 9.71. The summed E-state index contributed by atoms with van der Waals surface area (Å²) < 4.78 is 13.8. The van der Waals surface area contributed by atoms with Crippen LogP contribution in [0.4, 0.5) is 4.39 Å². The van der Waals surface area contributed by atoms with E-state index in [0.717, 1.165) is 34.7 Å². The predicted molar refractivity (Wildman–Crippen MR) is 193 cm³/mol. The van der Waals surface area contributed by atoms with E-state index in [2.05, 4.69) is 10.3 Å². The lowest BCUT2D eigenvalue weighted by molar-refractivity contribution is -0.146. The van der Waals surface area contributed by atoms with Crippen LogP contribution in [0.25, 0.3) is 10.8 Å². The highest BCUT2D eigenvalue weighted by Gasteiger charge is 2.35. The van der Waals surface area contributed by atoms with Gasteiger partial charge in [0.25, 0.3) is 0 Å². The average Bonchev–Trinajstić information content (AvgIpc) is 3.12. The van der Waals surface area contributed by atoms with Crippen molar-refractivity contribution in [2.75, 3.05) is 20.6 Å². The quantitative estimate of drug-likeness (QED) is 0.151. The molecule has 1 aromatic heterocycles. The molecule has 49 heavy (non-hydrogen) atoms. The predicted octanol–water partition coefficient (Wildman–Crippen LogP) is 5.64. The second-order valence-electron chi connectivity index (χ2n) is 12.7. The van der Waals surface area contributed by atoms with Crippen molar-refractivity contribution in [3.8, 4) is 0 Å². The minimum absolute atomic E-state index is 0.163. The number of rotatable bonds is 16. The van der Waals surface area contributed by atoms with Crippen LogP contribution < -0.4 is 11.1 Å². The Balaban J connectivity index is 1.62. The maximum Gasteiger partial charge on any atom is 0.246 e. The third-order valence-electron chi connectivity index (χ3n) is 9.46. The van der Waals surface area contributed by atoms with Gasteiger partial charge in [0.1, 0.15) is 17.9 Å². The summed E-state index contributed by atoms with van der Waals surface area (Å²) in [6, 6.07) is 21.8. The van der Waals surface area contributed by atoms with Crippen molar-refractivity contribution in [3.05, 3.63) is 126 Å². The van der Waals surface area contributed by atoms with Crippen LogP contribution >= 0.6 is 0 Å². The highest BCUT2D eigenvalue weighted by Crippen LogP contribution is 2.21. The Bertz CT molecular complexity index is 1720. The van der Waals surface area contributed by atoms with Crippen molar-refractivity contribution in [3.63, 3.8) is 0 Å². The van der Waals surface area contributed by atoms with Gasteiger partial charge in [0, 0.05) is 51.4 Å². The van der Waals surface area contributed by atoms with Crippen molar-refractivity contribution >= 4 is 28.5 Å². The summed E-state index contributed by atoms with van der Waals surface area (Å²) in [4.78, 5) is 48.8. The molecule has 0 fully saturated rings. The second-order valence-corrected chi connectivity index (χ2v) is 12.7. The molecule has 0 saturated carbocycles. The molecule has 0 radical (unpaired) electrons. The van der Waals surface area contributed by atoms with E-state index in [1.807, 2.05) is 68.4 Å². The van der Waals surface area contributed by atoms with Gasteiger partial charge in [0.05, 0.1) is 0 Å². The molecule has 2 atom stereocenters. The first kappa shape index (κ1) is 36.9. The van der Waals surface area contributed by atoms with Gasteiger partial charge in [0.15, 0.2) is 0 Å². The van der Waals surface area contributed by atoms with E-state index in [1.165, 1.54) is 28.0 Å². The molecule has 0 unspecified atom stereocenters. The van der Waals surface area contributed by atoms with E-state index in [0.29, 0.717) is 24.9 Å². The SMILES string of the molecule is CCC(N)(CC)CC=CC(=O)N(C)[C@H](Cc1ccc2ccccc2c1)C(=O)N(C)[C@H](Cc1ccc(F)cc1)C(=O)NCCc1ccncc1. The molecule has 8 nitrogen and oxygen atoms in total. The van der Waals surface area contributed by atoms with Gasteiger partial charge in [-0.2, -0.15) is 0 Å². The van der Waals surface area contributed by atoms with Gasteiger partial charge < -0.3 is 20.9 Å². The van der Waals surface area contributed by atoms with Crippen LogP contribution in [0.5, 0.6) is 0 Å². The van der Waals surface area contributed by atoms with Crippen LogP contribution in [0.2, 0.25) is 0 Å². The van der Waals surface area contributed by atoms with Crippen molar-refractivity contribution in [1.82, 2.24) is 20.1 Å². The Morgan fingerprint density at radius 3 is 2.14 bits per heavy atom. The first-order valence-corrected chi connectivity index (χ1v) is 16.9. The lowest BCUT2D eigenvalue weighted by Gasteiger charge is -2.34. The number of aromatic nitrogens is 1. The topological polar surface area (TPSA) is 109 Å². The molecule has 3 N–H and O–H groups in total. The summed E-state index contributed by atoms with van der Waals surface area (Å²) in [7, 11) is 3.20. The van der Waals surface area contributed by atoms with Gasteiger partial charge in [-0.25, -0.2) is 4.39 Å². The average molecular weight is 666 g/mol. The zero-order chi connectivity index (χ0) is 35.4. The Morgan fingerprint density at radius 1 is 0.837 bits per heavy atom. The molecular weight excluding hydrogens is 617 g/mol. The smallest absolute Gasteiger partial charge is 0.246 e. The lowest BCUT2D eigenvalue weighted by Crippen LogP contribution is -2.56. The van der Waals surface area contributed by atoms with Crippen molar-refractivity contribution in [2.45, 2.75) is 70.0 Å². The molecule has 3 amide bonds. The summed E-state index contributed by atoms with van der Waals surface area (Å²) in [5.74, 6) is -1.45. The minimum atomic E-state index is -0.916. The molecule has 0 spiro atoms. The van der Waals surface area contributed by atoms with Gasteiger partial charge in [0.2, 0.25) is 17.7 Å². The fraction of sp³-hybridized carbons (Fsp3) is 0.350. The number of fused-ring (bicyclic) bond motifs is 1. The van der Waals surface area contributed by atoms with E-state index in [1.54, 1.807) is 44.7 Å². The van der Waals surface area contributed by atoms with Gasteiger partial charge in [-0.1, -0.05) is 74.5 Å². The van der Waals surface area contributed by atoms with Gasteiger partial charge in [-0.3, -0.25) is 19.4 Å². The summed E-state index contributed by atoms with van der Waals surface area (Å²) in [6.45, 7) is 4.40. The molecule has 0 aliphatic carbocycles. The summed E-state index contributed by atoms with van der Waals surface area (Å²) in [5, 5.41) is 5.07. The summed E-state index contributed by atoms with van der Waals surface area (Å²) in [5.41, 5.74) is 8.64. The van der Waals surface area contributed by atoms with Crippen molar-refractivity contribution in [2.24, 2.45) is 5.73 Å². The number of nitrogens with two attached hydrogens (primary N) is 1. The second kappa shape index (κ2) is 17.5. The zero-order valence-corrected chi connectivity index (χ0v) is 28.9. The number of amides is 3. The highest BCUT2D eigenvalue weighted by molar-refractivity contribution is 5.95. The number of hydrogen-bond donors (Lipinski definition) is 2. The highest BCUT2D eigenvalue weighted by atomic mass is 19.1. The van der Waals surface area contributed by atoms with Crippen LogP contribution in [0.3, 0.4) is 0 Å². The fourth-order valence-corrected chi connectivity index (χ4v) is 5.82. The normalized spacial score (nSPS) is 12.9. The third-order valence-corrected chi connectivity index (χ3v) is 9.46. The van der Waals surface area contributed by atoms with Crippen LogP contribution in [-0.2, 0) is 33.6 Å². The number of carbonyl (C=O) groups excluding carboxylic acids is 3. The fourth-order valence-electron chi connectivity index (χ4n) is 5.82. The molecule has 0 aliphatic heterocycles. The number of benzene rings is 3. The van der Waals surface area contributed by atoms with Crippen molar-refractivity contribution in [1.29, 1.82) is 0 Å². The number of halogens is 1. The van der Waals surface area contributed by atoms with Crippen LogP contribution in [-0.4, -0.2) is 70.8 Å². The minimum Gasteiger partial charge on any atom is -0.354 e. The first-order valence-electron chi connectivity index (χ1n) is 16.9. The van der Waals surface area contributed by atoms with Crippen molar-refractivity contribution < 1.29 is 18.8 Å². The third kappa shape index (κ3) is 10.3. The Labute approximate surface area is 289 Å². The molecule has 0 saturated heterocycles. The van der Waals surface area contributed by atoms with Gasteiger partial charge in [-0.15, -0.1) is 0 Å². The molecule has 0 bridgehead atoms. The van der Waals surface area contributed by atoms with E-state index >= 15 is 0 Å². The van der Waals surface area contributed by atoms with Gasteiger partial charge in [-0.05, 0) is 83.5 Å². The first-order chi connectivity index (χ1) is 23.5. The molecule has 258 valence electrons. The maximum atomic E-state index is 14.5. The van der Waals surface area contributed by atoms with Crippen LogP contribution in [0.1, 0.15) is 49.8 Å². The van der Waals surface area contributed by atoms with Gasteiger partial charge >= 0.3 is 0 Å². The van der Waals surface area contributed by atoms with Crippen LogP contribution in [0.15, 0.2) is 103 Å². The van der Waals surface area contributed by atoms with E-state index in [-0.39, 0.29) is 36.4 Å². The molecule has 3 aromatic carbocycles. The molecule has 9 heteroatoms. The molecular formula is C40H48FN5O3. The Kier molecular flexibility index (Phi) is 13.2. The Morgan fingerprint density at radius 2 is 1.47 bits per heavy atom. The van der Waals surface area contributed by atoms with E-state index < -0.39 is 17.6 Å². The van der Waals surface area contributed by atoms with E-state index in [9.17, 15) is 18.8 Å². The maximum absolute atomic E-state index is 14.5. The van der Waals surface area contributed by atoms with Crippen LogP contribution in [0, 0.1) is 5.82 Å². The Hall–Kier alpha value is -4.89. The molecule has 0 aliphatic rings. The summed E-state index contributed by atoms with van der Waals surface area (Å²) >= 11 is 0. The zero-order valence-electron chi connectivity index (χ0n) is 28.9. The number of nitrogens with zero attached hydrogens (tertiary/aromatic N) is 3. The monoisotopic (exact) mass is 665 g/mol. The van der Waals surface area contributed by atoms with E-state index in [4.69, 9.17) is 5.73 Å². The number of pyridine rings is 1. The largest absolute Gasteiger partial charge is 0.354 e. The number of likely N-dealkylation sites (N-methyl/N-ethyl adjacent to an activating group) is 2. The molecule has 4 aromatic rings.